The van der Waals surface area contributed by atoms with Crippen LogP contribution in [0.15, 0.2) is 8.68 Å². The van der Waals surface area contributed by atoms with E-state index in [-0.39, 0.29) is 0 Å². The van der Waals surface area contributed by atoms with Crippen LogP contribution in [0.3, 0.4) is 0 Å². The van der Waals surface area contributed by atoms with Gasteiger partial charge in [0.1, 0.15) is 5.82 Å². The zero-order chi connectivity index (χ0) is 14.7. The molecule has 1 aliphatic rings. The summed E-state index contributed by atoms with van der Waals surface area (Å²) in [7, 11) is 0. The molecule has 1 N–H and O–H groups in total. The maximum absolute atomic E-state index is 5.57. The van der Waals surface area contributed by atoms with Crippen LogP contribution < -0.4 is 5.32 Å². The summed E-state index contributed by atoms with van der Waals surface area (Å²) in [5.74, 6) is 1.25. The number of ether oxygens (including phenoxy) is 1. The second-order valence-corrected chi connectivity index (χ2v) is 8.29. The Bertz CT molecular complexity index is 579. The van der Waals surface area contributed by atoms with Crippen molar-refractivity contribution in [1.29, 1.82) is 0 Å². The summed E-state index contributed by atoms with van der Waals surface area (Å²) in [6, 6.07) is 0. The van der Waals surface area contributed by atoms with Gasteiger partial charge in [0.25, 0.3) is 0 Å². The zero-order valence-corrected chi connectivity index (χ0v) is 14.4. The molecular weight excluding hydrogens is 326 g/mol. The molecule has 3 rings (SSSR count). The molecule has 1 aliphatic heterocycles. The Morgan fingerprint density at radius 3 is 3.00 bits per heavy atom. The number of hydrogen-bond acceptors (Lipinski definition) is 9. The van der Waals surface area contributed by atoms with Crippen LogP contribution in [0.1, 0.15) is 38.4 Å². The molecule has 0 spiro atoms. The van der Waals surface area contributed by atoms with Gasteiger partial charge < -0.3 is 10.1 Å². The minimum atomic E-state index is 0.307. The van der Waals surface area contributed by atoms with Crippen molar-refractivity contribution in [1.82, 2.24) is 19.6 Å². The fourth-order valence-electron chi connectivity index (χ4n) is 1.90. The number of nitrogens with zero attached hydrogens (tertiary/aromatic N) is 4. The van der Waals surface area contributed by atoms with E-state index in [9.17, 15) is 0 Å². The van der Waals surface area contributed by atoms with Gasteiger partial charge in [0.05, 0.1) is 6.10 Å². The molecule has 3 heterocycles. The maximum atomic E-state index is 5.57. The van der Waals surface area contributed by atoms with Gasteiger partial charge in [-0.2, -0.15) is 4.37 Å². The molecule has 6 nitrogen and oxygen atoms in total. The fraction of sp³-hybridized carbons (Fsp3) is 0.667. The van der Waals surface area contributed by atoms with Gasteiger partial charge in [-0.15, -0.1) is 10.2 Å². The lowest BCUT2D eigenvalue weighted by molar-refractivity contribution is 0.120. The Labute approximate surface area is 135 Å². The Morgan fingerprint density at radius 1 is 1.38 bits per heavy atom. The van der Waals surface area contributed by atoms with Crippen molar-refractivity contribution in [2.24, 2.45) is 0 Å². The van der Waals surface area contributed by atoms with Crippen molar-refractivity contribution in [2.75, 3.05) is 18.5 Å². The standard InChI is InChI=1S/C12H17N5OS3/c1-7(2)9-14-11(21-17-9)20-12-16-15-10(19-12)13-6-8-4-3-5-18-8/h7-8H,3-6H2,1-2H3,(H,13,15). The molecule has 0 aromatic carbocycles. The lowest BCUT2D eigenvalue weighted by Gasteiger charge is -2.08. The molecule has 9 heteroatoms. The average molecular weight is 344 g/mol. The monoisotopic (exact) mass is 343 g/mol. The van der Waals surface area contributed by atoms with E-state index in [0.29, 0.717) is 12.0 Å². The van der Waals surface area contributed by atoms with Crippen LogP contribution in [0, 0.1) is 0 Å². The Kier molecular flexibility index (Phi) is 5.04. The third kappa shape index (κ3) is 4.12. The molecule has 0 amide bonds. The van der Waals surface area contributed by atoms with E-state index in [1.165, 1.54) is 23.3 Å². The lowest BCUT2D eigenvalue weighted by atomic mass is 10.2. The maximum Gasteiger partial charge on any atom is 0.206 e. The summed E-state index contributed by atoms with van der Waals surface area (Å²) < 4.78 is 11.7. The zero-order valence-electron chi connectivity index (χ0n) is 11.9. The van der Waals surface area contributed by atoms with E-state index in [4.69, 9.17) is 4.74 Å². The fourth-order valence-corrected chi connectivity index (χ4v) is 4.61. The van der Waals surface area contributed by atoms with Gasteiger partial charge in [0, 0.05) is 19.1 Å². The Balaban J connectivity index is 1.54. The second kappa shape index (κ2) is 6.99. The highest BCUT2D eigenvalue weighted by atomic mass is 32.2. The van der Waals surface area contributed by atoms with Crippen molar-refractivity contribution >= 4 is 39.8 Å². The average Bonchev–Trinajstić information content (AvgIpc) is 3.18. The number of nitrogens with one attached hydrogen (secondary N) is 1. The lowest BCUT2D eigenvalue weighted by Crippen LogP contribution is -2.18. The number of hydrogen-bond donors (Lipinski definition) is 1. The van der Waals surface area contributed by atoms with Crippen LogP contribution in [0.4, 0.5) is 5.13 Å². The van der Waals surface area contributed by atoms with Gasteiger partial charge in [-0.3, -0.25) is 0 Å². The van der Waals surface area contributed by atoms with Crippen LogP contribution in [0.2, 0.25) is 0 Å². The molecule has 114 valence electrons. The van der Waals surface area contributed by atoms with Gasteiger partial charge in [-0.05, 0) is 36.1 Å². The van der Waals surface area contributed by atoms with Gasteiger partial charge in [0.2, 0.25) is 5.13 Å². The SMILES string of the molecule is CC(C)c1nsc(Sc2nnc(NCC3CCCO3)s2)n1. The van der Waals surface area contributed by atoms with Crippen molar-refractivity contribution in [2.45, 2.75) is 47.4 Å². The molecule has 1 atom stereocenters. The van der Waals surface area contributed by atoms with Crippen LogP contribution in [-0.2, 0) is 4.74 Å². The summed E-state index contributed by atoms with van der Waals surface area (Å²) >= 11 is 4.48. The molecule has 1 unspecified atom stereocenters. The highest BCUT2D eigenvalue weighted by molar-refractivity contribution is 8.02. The van der Waals surface area contributed by atoms with E-state index >= 15 is 0 Å². The normalized spacial score (nSPS) is 18.5. The molecule has 0 radical (unpaired) electrons. The quantitative estimate of drug-likeness (QED) is 0.863. The summed E-state index contributed by atoms with van der Waals surface area (Å²) in [5.41, 5.74) is 0. The Hall–Kier alpha value is -0.770. The molecule has 0 saturated carbocycles. The van der Waals surface area contributed by atoms with Gasteiger partial charge in [-0.1, -0.05) is 25.2 Å². The Morgan fingerprint density at radius 2 is 2.29 bits per heavy atom. The number of rotatable bonds is 6. The number of anilines is 1. The third-order valence-electron chi connectivity index (χ3n) is 3.03. The van der Waals surface area contributed by atoms with Crippen molar-refractivity contribution in [3.05, 3.63) is 5.82 Å². The summed E-state index contributed by atoms with van der Waals surface area (Å²) in [6.45, 7) is 5.86. The summed E-state index contributed by atoms with van der Waals surface area (Å²) in [5, 5.41) is 12.5. The predicted octanol–water partition coefficient (Wildman–Crippen LogP) is 3.26. The van der Waals surface area contributed by atoms with Gasteiger partial charge in [-0.25, -0.2) is 4.98 Å². The van der Waals surface area contributed by atoms with Crippen LogP contribution in [0.25, 0.3) is 0 Å². The van der Waals surface area contributed by atoms with E-state index < -0.39 is 0 Å². The van der Waals surface area contributed by atoms with E-state index in [1.54, 1.807) is 11.3 Å². The van der Waals surface area contributed by atoms with E-state index in [1.807, 2.05) is 0 Å². The summed E-state index contributed by atoms with van der Waals surface area (Å²) in [4.78, 5) is 4.49. The predicted molar refractivity (Wildman–Crippen MR) is 85.5 cm³/mol. The largest absolute Gasteiger partial charge is 0.376 e. The smallest absolute Gasteiger partial charge is 0.206 e. The third-order valence-corrected chi connectivity index (χ3v) is 5.72. The van der Waals surface area contributed by atoms with E-state index in [2.05, 4.69) is 38.7 Å². The minimum absolute atomic E-state index is 0.307. The molecule has 0 aliphatic carbocycles. The molecule has 1 fully saturated rings. The minimum Gasteiger partial charge on any atom is -0.376 e. The molecule has 2 aromatic heterocycles. The topological polar surface area (TPSA) is 72.8 Å². The van der Waals surface area contributed by atoms with Crippen molar-refractivity contribution < 1.29 is 4.74 Å². The van der Waals surface area contributed by atoms with Crippen molar-refractivity contribution in [3.63, 3.8) is 0 Å². The molecule has 21 heavy (non-hydrogen) atoms. The van der Waals surface area contributed by atoms with Crippen LogP contribution in [0.5, 0.6) is 0 Å². The van der Waals surface area contributed by atoms with Crippen LogP contribution in [-0.4, -0.2) is 38.8 Å². The molecular formula is C12H17N5OS3. The van der Waals surface area contributed by atoms with Gasteiger partial charge in [0.15, 0.2) is 8.68 Å². The summed E-state index contributed by atoms with van der Waals surface area (Å²) in [6.07, 6.45) is 2.58. The first-order valence-corrected chi connectivity index (χ1v) is 9.32. The first-order valence-electron chi connectivity index (χ1n) is 6.91. The van der Waals surface area contributed by atoms with E-state index in [0.717, 1.165) is 45.6 Å². The first kappa shape index (κ1) is 15.1. The highest BCUT2D eigenvalue weighted by Crippen LogP contribution is 2.33. The highest BCUT2D eigenvalue weighted by Gasteiger charge is 2.16. The first-order chi connectivity index (χ1) is 10.2. The van der Waals surface area contributed by atoms with Crippen LogP contribution >= 0.6 is 34.6 Å². The van der Waals surface area contributed by atoms with Crippen molar-refractivity contribution in [3.8, 4) is 0 Å². The number of aromatic nitrogens is 4. The molecule has 2 aromatic rings. The van der Waals surface area contributed by atoms with Gasteiger partial charge >= 0.3 is 0 Å². The molecule has 1 saturated heterocycles. The molecule has 0 bridgehead atoms. The second-order valence-electron chi connectivity index (χ2n) is 5.06.